The molecule has 0 unspecified atom stereocenters. The molecule has 4 heteroatoms. The third kappa shape index (κ3) is 4.67. The highest BCUT2D eigenvalue weighted by Crippen LogP contribution is 2.13. The molecule has 0 saturated heterocycles. The highest BCUT2D eigenvalue weighted by atomic mass is 19.1. The van der Waals surface area contributed by atoms with Gasteiger partial charge in [0.2, 0.25) is 0 Å². The molecule has 1 amide bonds. The number of amides is 1. The quantitative estimate of drug-likeness (QED) is 0.831. The number of aliphatic hydroxyl groups excluding tert-OH is 1. The summed E-state index contributed by atoms with van der Waals surface area (Å²) in [5.74, 6) is 4.42. The minimum atomic E-state index is -0.592. The van der Waals surface area contributed by atoms with Gasteiger partial charge in [0.15, 0.2) is 0 Å². The fourth-order valence-corrected chi connectivity index (χ4v) is 1.46. The maximum Gasteiger partial charge on any atom is 0.254 e. The molecule has 0 aliphatic rings. The normalized spacial score (nSPS) is 10.7. The van der Waals surface area contributed by atoms with E-state index in [0.717, 1.165) is 6.42 Å². The summed E-state index contributed by atoms with van der Waals surface area (Å²) in [5, 5.41) is 11.4. The van der Waals surface area contributed by atoms with Crippen molar-refractivity contribution in [2.75, 3.05) is 6.61 Å². The van der Waals surface area contributed by atoms with E-state index in [1.165, 1.54) is 12.1 Å². The van der Waals surface area contributed by atoms with Crippen molar-refractivity contribution in [1.29, 1.82) is 0 Å². The van der Waals surface area contributed by atoms with E-state index in [1.54, 1.807) is 6.07 Å². The topological polar surface area (TPSA) is 49.3 Å². The van der Waals surface area contributed by atoms with Gasteiger partial charge < -0.3 is 10.4 Å². The van der Waals surface area contributed by atoms with E-state index in [1.807, 2.05) is 20.8 Å². The Morgan fingerprint density at radius 3 is 2.70 bits per heavy atom. The average Bonchev–Trinajstić information content (AvgIpc) is 2.38. The number of hydrogen-bond donors (Lipinski definition) is 2. The van der Waals surface area contributed by atoms with Crippen LogP contribution in [0.5, 0.6) is 0 Å². The van der Waals surface area contributed by atoms with Crippen LogP contribution in [0.1, 0.15) is 49.5 Å². The van der Waals surface area contributed by atoms with Crippen LogP contribution in [-0.2, 0) is 0 Å². The van der Waals surface area contributed by atoms with Crippen molar-refractivity contribution in [2.45, 2.75) is 39.2 Å². The molecule has 0 aliphatic carbocycles. The summed E-state index contributed by atoms with van der Waals surface area (Å²) in [6.07, 6.45) is 1.10. The zero-order chi connectivity index (χ0) is 15.2. The van der Waals surface area contributed by atoms with Gasteiger partial charge in [-0.2, -0.15) is 0 Å². The molecule has 0 aromatic heterocycles. The van der Waals surface area contributed by atoms with Crippen molar-refractivity contribution in [3.8, 4) is 11.8 Å². The number of rotatable bonds is 4. The second kappa shape index (κ2) is 7.06. The maximum absolute atomic E-state index is 13.9. The summed E-state index contributed by atoms with van der Waals surface area (Å²) in [7, 11) is 0. The number of aliphatic hydroxyl groups is 1. The molecule has 1 rings (SSSR count). The van der Waals surface area contributed by atoms with Crippen LogP contribution in [0.2, 0.25) is 0 Å². The Kier molecular flexibility index (Phi) is 5.72. The molecule has 0 bridgehead atoms. The fraction of sp³-hybridized carbons (Fsp3) is 0.438. The number of halogens is 1. The number of carbonyl (C=O) groups is 1. The lowest BCUT2D eigenvalue weighted by Gasteiger charge is -2.24. The first-order valence-electron chi connectivity index (χ1n) is 6.61. The first kappa shape index (κ1) is 16.2. The Morgan fingerprint density at radius 1 is 1.45 bits per heavy atom. The van der Waals surface area contributed by atoms with E-state index < -0.39 is 11.7 Å². The summed E-state index contributed by atoms with van der Waals surface area (Å²) in [6.45, 7) is 5.70. The molecule has 1 aromatic rings. The molecule has 0 fully saturated rings. The average molecular weight is 277 g/mol. The third-order valence-electron chi connectivity index (χ3n) is 3.02. The smallest absolute Gasteiger partial charge is 0.254 e. The monoisotopic (exact) mass is 277 g/mol. The third-order valence-corrected chi connectivity index (χ3v) is 3.02. The number of carbonyl (C=O) groups excluding carboxylic acids is 1. The van der Waals surface area contributed by atoms with Gasteiger partial charge in [0.1, 0.15) is 5.82 Å². The molecule has 0 heterocycles. The van der Waals surface area contributed by atoms with E-state index >= 15 is 0 Å². The van der Waals surface area contributed by atoms with Crippen LogP contribution in [0, 0.1) is 17.7 Å². The fourth-order valence-electron chi connectivity index (χ4n) is 1.46. The van der Waals surface area contributed by atoms with Gasteiger partial charge >= 0.3 is 0 Å². The molecule has 0 aliphatic heterocycles. The predicted molar refractivity (Wildman–Crippen MR) is 76.8 cm³/mol. The molecule has 0 saturated carbocycles. The lowest BCUT2D eigenvalue weighted by molar-refractivity contribution is 0.0907. The molecule has 0 spiro atoms. The molecule has 0 radical (unpaired) electrons. The Labute approximate surface area is 119 Å². The Hall–Kier alpha value is -1.86. The lowest BCUT2D eigenvalue weighted by atomic mass is 10.0. The maximum atomic E-state index is 13.9. The lowest BCUT2D eigenvalue weighted by Crippen LogP contribution is -2.43. The molecular weight excluding hydrogens is 257 g/mol. The van der Waals surface area contributed by atoms with Crippen LogP contribution < -0.4 is 5.32 Å². The van der Waals surface area contributed by atoms with E-state index in [4.69, 9.17) is 5.11 Å². The minimum Gasteiger partial charge on any atom is -0.395 e. The van der Waals surface area contributed by atoms with Gasteiger partial charge in [0, 0.05) is 17.5 Å². The van der Waals surface area contributed by atoms with Crippen LogP contribution in [0.4, 0.5) is 4.39 Å². The largest absolute Gasteiger partial charge is 0.395 e. The Bertz CT molecular complexity index is 541. The van der Waals surface area contributed by atoms with Gasteiger partial charge in [0.05, 0.1) is 12.2 Å². The van der Waals surface area contributed by atoms with Gasteiger partial charge in [-0.15, -0.1) is 0 Å². The van der Waals surface area contributed by atoms with Crippen LogP contribution in [0.15, 0.2) is 18.2 Å². The summed E-state index contributed by atoms with van der Waals surface area (Å²) in [4.78, 5) is 12.0. The van der Waals surface area contributed by atoms with Gasteiger partial charge in [-0.25, -0.2) is 4.39 Å². The van der Waals surface area contributed by atoms with Crippen molar-refractivity contribution in [3.05, 3.63) is 35.1 Å². The van der Waals surface area contributed by atoms with Crippen LogP contribution in [0.3, 0.4) is 0 Å². The molecule has 0 atom stereocenters. The van der Waals surface area contributed by atoms with Crippen LogP contribution in [-0.4, -0.2) is 23.2 Å². The van der Waals surface area contributed by atoms with Crippen molar-refractivity contribution < 1.29 is 14.3 Å². The standard InChI is InChI=1S/C16H20FNO2/c1-4-16(2,3)18-15(20)13-9-8-12(11-14(13)17)7-5-6-10-19/h8-9,11,19H,4,6,10H2,1-3H3,(H,18,20). The van der Waals surface area contributed by atoms with Crippen molar-refractivity contribution in [1.82, 2.24) is 5.32 Å². The number of nitrogens with one attached hydrogen (secondary N) is 1. The summed E-state index contributed by atoms with van der Waals surface area (Å²) in [6, 6.07) is 4.26. The van der Waals surface area contributed by atoms with Crippen molar-refractivity contribution in [2.24, 2.45) is 0 Å². The van der Waals surface area contributed by atoms with Gasteiger partial charge in [-0.3, -0.25) is 4.79 Å². The first-order valence-corrected chi connectivity index (χ1v) is 6.61. The number of hydrogen-bond acceptors (Lipinski definition) is 2. The van der Waals surface area contributed by atoms with E-state index in [-0.39, 0.29) is 17.7 Å². The number of benzene rings is 1. The van der Waals surface area contributed by atoms with Crippen molar-refractivity contribution >= 4 is 5.91 Å². The molecule has 108 valence electrons. The van der Waals surface area contributed by atoms with E-state index in [2.05, 4.69) is 17.2 Å². The van der Waals surface area contributed by atoms with Crippen LogP contribution >= 0.6 is 0 Å². The van der Waals surface area contributed by atoms with Crippen molar-refractivity contribution in [3.63, 3.8) is 0 Å². The summed E-state index contributed by atoms with van der Waals surface area (Å²) >= 11 is 0. The van der Waals surface area contributed by atoms with E-state index in [9.17, 15) is 9.18 Å². The molecular formula is C16H20FNO2. The SMILES string of the molecule is CCC(C)(C)NC(=O)c1ccc(C#CCCO)cc1F. The first-order chi connectivity index (χ1) is 9.39. The van der Waals surface area contributed by atoms with Gasteiger partial charge in [-0.05, 0) is 38.5 Å². The summed E-state index contributed by atoms with van der Waals surface area (Å²) in [5.41, 5.74) is 0.129. The second-order valence-electron chi connectivity index (χ2n) is 5.16. The summed E-state index contributed by atoms with van der Waals surface area (Å²) < 4.78 is 13.9. The van der Waals surface area contributed by atoms with Gasteiger partial charge in [0.25, 0.3) is 5.91 Å². The minimum absolute atomic E-state index is 0.0132. The molecule has 20 heavy (non-hydrogen) atoms. The predicted octanol–water partition coefficient (Wildman–Crippen LogP) is 2.48. The molecule has 3 nitrogen and oxygen atoms in total. The highest BCUT2D eigenvalue weighted by molar-refractivity contribution is 5.95. The molecule has 1 aromatic carbocycles. The highest BCUT2D eigenvalue weighted by Gasteiger charge is 2.20. The Morgan fingerprint density at radius 2 is 2.15 bits per heavy atom. The van der Waals surface area contributed by atoms with Gasteiger partial charge in [-0.1, -0.05) is 18.8 Å². The van der Waals surface area contributed by atoms with Crippen LogP contribution in [0.25, 0.3) is 0 Å². The zero-order valence-corrected chi connectivity index (χ0v) is 12.1. The zero-order valence-electron chi connectivity index (χ0n) is 12.1. The molecule has 2 N–H and O–H groups in total. The Balaban J connectivity index is 2.89. The van der Waals surface area contributed by atoms with E-state index in [0.29, 0.717) is 12.0 Å². The second-order valence-corrected chi connectivity index (χ2v) is 5.16.